The predicted octanol–water partition coefficient (Wildman–Crippen LogP) is 14.8. The molecule has 258 valence electrons. The van der Waals surface area contributed by atoms with Crippen LogP contribution in [-0.4, -0.2) is 9.97 Å². The van der Waals surface area contributed by atoms with Crippen molar-refractivity contribution in [1.82, 2.24) is 9.97 Å². The number of hydrogen-bond acceptors (Lipinski definition) is 4. The van der Waals surface area contributed by atoms with E-state index in [1.54, 1.807) is 0 Å². The van der Waals surface area contributed by atoms with Crippen molar-refractivity contribution in [2.24, 2.45) is 0 Å². The highest BCUT2D eigenvalue weighted by Crippen LogP contribution is 2.43. The second-order valence-electron chi connectivity index (χ2n) is 14.6. The molecule has 4 heteroatoms. The van der Waals surface area contributed by atoms with Crippen LogP contribution in [0.15, 0.2) is 146 Å². The van der Waals surface area contributed by atoms with Gasteiger partial charge in [0.15, 0.2) is 0 Å². The molecule has 0 N–H and O–H groups in total. The van der Waals surface area contributed by atoms with E-state index < -0.39 is 0 Å². The van der Waals surface area contributed by atoms with E-state index in [4.69, 9.17) is 9.97 Å². The summed E-state index contributed by atoms with van der Waals surface area (Å²) in [5.41, 5.74) is 16.4. The molecule has 0 unspecified atom stereocenters. The summed E-state index contributed by atoms with van der Waals surface area (Å²) in [7, 11) is 0. The first-order valence-corrected chi connectivity index (χ1v) is 20.0. The summed E-state index contributed by atoms with van der Waals surface area (Å²) in [5.74, 6) is 0. The lowest BCUT2D eigenvalue weighted by atomic mass is 9.95. The van der Waals surface area contributed by atoms with Gasteiger partial charge in [0.1, 0.15) is 0 Å². The van der Waals surface area contributed by atoms with Gasteiger partial charge < -0.3 is 0 Å². The number of benzene rings is 6. The fourth-order valence-corrected chi connectivity index (χ4v) is 10.3. The van der Waals surface area contributed by atoms with Crippen molar-refractivity contribution in [2.45, 2.75) is 27.7 Å². The molecule has 0 amide bonds. The lowest BCUT2D eigenvalue weighted by Crippen LogP contribution is -1.90. The van der Waals surface area contributed by atoms with E-state index in [0.29, 0.717) is 0 Å². The molecule has 10 aromatic rings. The summed E-state index contributed by atoms with van der Waals surface area (Å²) in [6.07, 6.45) is 3.81. The molecule has 0 aliphatic rings. The van der Waals surface area contributed by atoms with Crippen LogP contribution in [0.4, 0.5) is 0 Å². The van der Waals surface area contributed by atoms with E-state index in [1.165, 1.54) is 84.9 Å². The molecule has 0 saturated carbocycles. The van der Waals surface area contributed by atoms with Crippen LogP contribution in [0, 0.1) is 27.7 Å². The number of nitrogens with zero attached hydrogens (tertiary/aromatic N) is 2. The van der Waals surface area contributed by atoms with E-state index in [-0.39, 0.29) is 0 Å². The average Bonchev–Trinajstić information content (AvgIpc) is 3.75. The molecule has 4 heterocycles. The first-order chi connectivity index (χ1) is 26.3. The molecule has 6 aromatic carbocycles. The maximum atomic E-state index is 4.81. The monoisotopic (exact) mass is 728 g/mol. The van der Waals surface area contributed by atoms with Crippen LogP contribution in [0.5, 0.6) is 0 Å². The Morgan fingerprint density at radius 3 is 1.22 bits per heavy atom. The summed E-state index contributed by atoms with van der Waals surface area (Å²) in [6.45, 7) is 8.75. The molecule has 2 nitrogen and oxygen atoms in total. The zero-order chi connectivity index (χ0) is 36.5. The standard InChI is InChI=1S/C50H36N2S2/c1-29-11-13-47-41(19-29)43-23-31(3)21-39(49(43)53-47)37-9-5-7-33(25-37)35-15-17-51-45(27-35)46-28-36(16-18-52-46)34-8-6-10-38(26-34)40-22-32(4)24-44-42-20-30(2)12-14-48(42)54-50(40)44/h5-28H,1-4H3. The van der Waals surface area contributed by atoms with Gasteiger partial charge in [-0.1, -0.05) is 59.7 Å². The van der Waals surface area contributed by atoms with Crippen molar-refractivity contribution in [3.8, 4) is 55.9 Å². The van der Waals surface area contributed by atoms with E-state index >= 15 is 0 Å². The summed E-state index contributed by atoms with van der Waals surface area (Å²) in [4.78, 5) is 9.62. The normalized spacial score (nSPS) is 11.7. The Bertz CT molecular complexity index is 2900. The number of thiophene rings is 2. The molecular weight excluding hydrogens is 693 g/mol. The number of aromatic nitrogens is 2. The Hall–Kier alpha value is -5.94. The zero-order valence-corrected chi connectivity index (χ0v) is 32.2. The molecule has 0 saturated heterocycles. The van der Waals surface area contributed by atoms with Crippen molar-refractivity contribution in [1.29, 1.82) is 0 Å². The van der Waals surface area contributed by atoms with Crippen molar-refractivity contribution < 1.29 is 0 Å². The topological polar surface area (TPSA) is 25.8 Å². The summed E-state index contributed by atoms with van der Waals surface area (Å²) in [5, 5.41) is 5.36. The maximum Gasteiger partial charge on any atom is 0.0892 e. The minimum Gasteiger partial charge on any atom is -0.255 e. The predicted molar refractivity (Wildman–Crippen MR) is 234 cm³/mol. The molecule has 4 aromatic heterocycles. The van der Waals surface area contributed by atoms with Crippen LogP contribution in [0.2, 0.25) is 0 Å². The van der Waals surface area contributed by atoms with Crippen LogP contribution in [0.25, 0.3) is 96.2 Å². The van der Waals surface area contributed by atoms with Gasteiger partial charge in [0, 0.05) is 52.7 Å². The van der Waals surface area contributed by atoms with Gasteiger partial charge in [-0.25, -0.2) is 0 Å². The minimum absolute atomic E-state index is 0.856. The number of rotatable bonds is 5. The van der Waals surface area contributed by atoms with Crippen molar-refractivity contribution in [3.05, 3.63) is 168 Å². The zero-order valence-electron chi connectivity index (χ0n) is 30.6. The maximum absolute atomic E-state index is 4.81. The molecule has 0 aliphatic carbocycles. The van der Waals surface area contributed by atoms with Crippen molar-refractivity contribution in [3.63, 3.8) is 0 Å². The molecule has 0 fully saturated rings. The van der Waals surface area contributed by atoms with Gasteiger partial charge in [-0.15, -0.1) is 22.7 Å². The molecule has 0 radical (unpaired) electrons. The molecule has 0 bridgehead atoms. The number of fused-ring (bicyclic) bond motifs is 6. The van der Waals surface area contributed by atoms with Gasteiger partial charge in [0.2, 0.25) is 0 Å². The largest absolute Gasteiger partial charge is 0.255 e. The van der Waals surface area contributed by atoms with Gasteiger partial charge >= 0.3 is 0 Å². The highest BCUT2D eigenvalue weighted by Gasteiger charge is 2.15. The molecule has 0 aliphatic heterocycles. The average molecular weight is 729 g/mol. The molecular formula is C50H36N2S2. The van der Waals surface area contributed by atoms with Crippen molar-refractivity contribution >= 4 is 63.0 Å². The number of hydrogen-bond donors (Lipinski definition) is 0. The summed E-state index contributed by atoms with van der Waals surface area (Å²) < 4.78 is 5.34. The van der Waals surface area contributed by atoms with Gasteiger partial charge in [0.25, 0.3) is 0 Å². The van der Waals surface area contributed by atoms with E-state index in [1.807, 2.05) is 35.1 Å². The first-order valence-electron chi connectivity index (χ1n) is 18.4. The van der Waals surface area contributed by atoms with E-state index in [9.17, 15) is 0 Å². The summed E-state index contributed by atoms with van der Waals surface area (Å²) in [6, 6.07) is 49.3. The third-order valence-electron chi connectivity index (χ3n) is 10.5. The van der Waals surface area contributed by atoms with Gasteiger partial charge in [0.05, 0.1) is 11.4 Å². The third kappa shape index (κ3) is 5.70. The Kier molecular flexibility index (Phi) is 7.79. The Morgan fingerprint density at radius 1 is 0.352 bits per heavy atom. The molecule has 0 atom stereocenters. The van der Waals surface area contributed by atoms with Gasteiger partial charge in [-0.2, -0.15) is 0 Å². The Labute approximate surface area is 323 Å². The fourth-order valence-electron chi connectivity index (χ4n) is 7.93. The van der Waals surface area contributed by atoms with Crippen LogP contribution in [-0.2, 0) is 0 Å². The van der Waals surface area contributed by atoms with Crippen LogP contribution >= 0.6 is 22.7 Å². The minimum atomic E-state index is 0.856. The molecule has 0 spiro atoms. The highest BCUT2D eigenvalue weighted by molar-refractivity contribution is 7.26. The second kappa shape index (κ2) is 12.9. The Morgan fingerprint density at radius 2 is 0.759 bits per heavy atom. The molecule has 54 heavy (non-hydrogen) atoms. The van der Waals surface area contributed by atoms with Crippen LogP contribution < -0.4 is 0 Å². The van der Waals surface area contributed by atoms with Gasteiger partial charge in [-0.05, 0) is 168 Å². The lowest BCUT2D eigenvalue weighted by Gasteiger charge is -2.11. The smallest absolute Gasteiger partial charge is 0.0892 e. The number of pyridine rings is 2. The molecule has 10 rings (SSSR count). The van der Waals surface area contributed by atoms with E-state index in [0.717, 1.165) is 33.6 Å². The third-order valence-corrected chi connectivity index (χ3v) is 13.0. The van der Waals surface area contributed by atoms with Crippen molar-refractivity contribution in [2.75, 3.05) is 0 Å². The van der Waals surface area contributed by atoms with Crippen LogP contribution in [0.1, 0.15) is 22.3 Å². The van der Waals surface area contributed by atoms with E-state index in [2.05, 4.69) is 161 Å². The highest BCUT2D eigenvalue weighted by atomic mass is 32.1. The number of aryl methyl sites for hydroxylation is 4. The lowest BCUT2D eigenvalue weighted by molar-refractivity contribution is 1.25. The quantitative estimate of drug-likeness (QED) is 0.176. The van der Waals surface area contributed by atoms with Crippen LogP contribution in [0.3, 0.4) is 0 Å². The Balaban J connectivity index is 1.00. The second-order valence-corrected chi connectivity index (χ2v) is 16.7. The first kappa shape index (κ1) is 32.7. The fraction of sp³-hybridized carbons (Fsp3) is 0.0800. The SMILES string of the molecule is Cc1ccc2sc3c(-c4cccc(-c5ccnc(-c6cc(-c7cccc(-c8cc(C)cc9c8sc8ccc(C)cc89)c7)ccn6)c5)c4)cc(C)cc3c2c1. The van der Waals surface area contributed by atoms with Gasteiger partial charge in [-0.3, -0.25) is 9.97 Å². The summed E-state index contributed by atoms with van der Waals surface area (Å²) >= 11 is 3.77.